The van der Waals surface area contributed by atoms with Crippen LogP contribution in [-0.2, 0) is 0 Å². The van der Waals surface area contributed by atoms with Crippen LogP contribution < -0.4 is 4.74 Å². The van der Waals surface area contributed by atoms with Crippen molar-refractivity contribution in [2.24, 2.45) is 0 Å². The van der Waals surface area contributed by atoms with Gasteiger partial charge in [-0.3, -0.25) is 10.1 Å². The van der Waals surface area contributed by atoms with Crippen molar-refractivity contribution in [1.82, 2.24) is 0 Å². The van der Waals surface area contributed by atoms with Gasteiger partial charge in [0.2, 0.25) is 5.82 Å². The number of nitro benzene ring substituents is 1. The molecule has 0 saturated carbocycles. The van der Waals surface area contributed by atoms with Gasteiger partial charge in [-0.25, -0.2) is 0 Å². The zero-order valence-corrected chi connectivity index (χ0v) is 8.35. The number of benzene rings is 1. The number of nitriles is 1. The molecule has 0 aliphatic rings. The van der Waals surface area contributed by atoms with Crippen molar-refractivity contribution in [3.05, 3.63) is 34.1 Å². The average molecular weight is 224 g/mol. The van der Waals surface area contributed by atoms with E-state index in [4.69, 9.17) is 10.00 Å². The van der Waals surface area contributed by atoms with Crippen LogP contribution in [0.1, 0.15) is 12.8 Å². The molecule has 84 valence electrons. The quantitative estimate of drug-likeness (QED) is 0.437. The van der Waals surface area contributed by atoms with Crippen LogP contribution in [0.2, 0.25) is 0 Å². The largest absolute Gasteiger partial charge is 0.493 e. The maximum absolute atomic E-state index is 13.1. The molecule has 6 heteroatoms. The lowest BCUT2D eigenvalue weighted by Crippen LogP contribution is -1.98. The van der Waals surface area contributed by atoms with E-state index in [1.54, 1.807) is 0 Å². The summed E-state index contributed by atoms with van der Waals surface area (Å²) in [7, 11) is 0. The van der Waals surface area contributed by atoms with E-state index in [0.29, 0.717) is 12.8 Å². The maximum Gasteiger partial charge on any atom is 0.305 e. The number of ether oxygens (including phenoxy) is 1. The van der Waals surface area contributed by atoms with Gasteiger partial charge in [-0.15, -0.1) is 0 Å². The zero-order chi connectivity index (χ0) is 12.0. The van der Waals surface area contributed by atoms with Crippen LogP contribution in [0.4, 0.5) is 10.1 Å². The molecule has 0 N–H and O–H groups in total. The van der Waals surface area contributed by atoms with E-state index in [1.807, 2.05) is 6.07 Å². The Bertz CT molecular complexity index is 429. The highest BCUT2D eigenvalue weighted by Gasteiger charge is 2.13. The maximum atomic E-state index is 13.1. The molecular formula is C10H9FN2O3. The minimum atomic E-state index is -0.928. The van der Waals surface area contributed by atoms with E-state index in [-0.39, 0.29) is 12.4 Å². The standard InChI is InChI=1S/C10H9FN2O3/c11-9-7-8(16-6-2-1-5-12)3-4-10(9)13(14)15/h3-4,7H,1-2,6H2. The lowest BCUT2D eigenvalue weighted by atomic mass is 10.3. The van der Waals surface area contributed by atoms with Gasteiger partial charge in [-0.1, -0.05) is 0 Å². The molecule has 0 atom stereocenters. The minimum Gasteiger partial charge on any atom is -0.493 e. The number of rotatable bonds is 5. The SMILES string of the molecule is N#CCCCOc1ccc([N+](=O)[O-])c(F)c1. The fourth-order valence-corrected chi connectivity index (χ4v) is 1.07. The number of nitrogens with zero attached hydrogens (tertiary/aromatic N) is 2. The fraction of sp³-hybridized carbons (Fsp3) is 0.300. The molecule has 1 aromatic rings. The third kappa shape index (κ3) is 3.20. The molecule has 1 rings (SSSR count). The van der Waals surface area contributed by atoms with E-state index in [9.17, 15) is 14.5 Å². The van der Waals surface area contributed by atoms with Crippen LogP contribution in [0.15, 0.2) is 18.2 Å². The second kappa shape index (κ2) is 5.66. The normalized spacial score (nSPS) is 9.50. The predicted octanol–water partition coefficient (Wildman–Crippen LogP) is 2.42. The Morgan fingerprint density at radius 3 is 2.88 bits per heavy atom. The van der Waals surface area contributed by atoms with E-state index in [1.165, 1.54) is 6.07 Å². The van der Waals surface area contributed by atoms with Gasteiger partial charge in [0.15, 0.2) is 0 Å². The highest BCUT2D eigenvalue weighted by molar-refractivity contribution is 5.37. The van der Waals surface area contributed by atoms with Gasteiger partial charge in [-0.2, -0.15) is 9.65 Å². The Balaban J connectivity index is 2.60. The van der Waals surface area contributed by atoms with Gasteiger partial charge in [0.05, 0.1) is 17.6 Å². The van der Waals surface area contributed by atoms with Gasteiger partial charge < -0.3 is 4.74 Å². The molecule has 5 nitrogen and oxygen atoms in total. The van der Waals surface area contributed by atoms with Gasteiger partial charge in [0.1, 0.15) is 5.75 Å². The van der Waals surface area contributed by atoms with Crippen molar-refractivity contribution < 1.29 is 14.1 Å². The molecule has 0 saturated heterocycles. The third-order valence-electron chi connectivity index (χ3n) is 1.82. The molecule has 0 fully saturated rings. The topological polar surface area (TPSA) is 76.2 Å². The molecule has 0 spiro atoms. The van der Waals surface area contributed by atoms with Crippen LogP contribution in [0.3, 0.4) is 0 Å². The molecule has 0 aliphatic heterocycles. The average Bonchev–Trinajstić information content (AvgIpc) is 2.24. The lowest BCUT2D eigenvalue weighted by molar-refractivity contribution is -0.387. The van der Waals surface area contributed by atoms with Crippen molar-refractivity contribution in [2.45, 2.75) is 12.8 Å². The van der Waals surface area contributed by atoms with Gasteiger partial charge in [-0.05, 0) is 12.5 Å². The number of hydrogen-bond donors (Lipinski definition) is 0. The fourth-order valence-electron chi connectivity index (χ4n) is 1.07. The highest BCUT2D eigenvalue weighted by Crippen LogP contribution is 2.22. The Kier molecular flexibility index (Phi) is 4.21. The van der Waals surface area contributed by atoms with Crippen molar-refractivity contribution in [1.29, 1.82) is 5.26 Å². The van der Waals surface area contributed by atoms with E-state index >= 15 is 0 Å². The second-order valence-electron chi connectivity index (χ2n) is 2.98. The Labute approximate surface area is 91.2 Å². The number of nitro groups is 1. The van der Waals surface area contributed by atoms with E-state index < -0.39 is 16.4 Å². The Morgan fingerprint density at radius 2 is 2.31 bits per heavy atom. The molecule has 0 radical (unpaired) electrons. The first-order chi connectivity index (χ1) is 7.65. The van der Waals surface area contributed by atoms with Gasteiger partial charge >= 0.3 is 5.69 Å². The van der Waals surface area contributed by atoms with Crippen LogP contribution >= 0.6 is 0 Å². The zero-order valence-electron chi connectivity index (χ0n) is 8.35. The summed E-state index contributed by atoms with van der Waals surface area (Å²) < 4.78 is 18.2. The van der Waals surface area contributed by atoms with Crippen molar-refractivity contribution >= 4 is 5.69 Å². The summed E-state index contributed by atoms with van der Waals surface area (Å²) in [5.41, 5.74) is -0.579. The molecule has 1 aromatic carbocycles. The Hall–Kier alpha value is -2.16. The summed E-state index contributed by atoms with van der Waals surface area (Å²) in [5.74, 6) is -0.705. The molecule has 0 amide bonds. The number of unbranched alkanes of at least 4 members (excludes halogenated alkanes) is 1. The van der Waals surface area contributed by atoms with Crippen molar-refractivity contribution in [3.63, 3.8) is 0 Å². The molecule has 0 aliphatic carbocycles. The lowest BCUT2D eigenvalue weighted by Gasteiger charge is -2.04. The number of hydrogen-bond acceptors (Lipinski definition) is 4. The van der Waals surface area contributed by atoms with Crippen LogP contribution in [0.25, 0.3) is 0 Å². The molecular weight excluding hydrogens is 215 g/mol. The first-order valence-corrected chi connectivity index (χ1v) is 4.59. The molecule has 16 heavy (non-hydrogen) atoms. The van der Waals surface area contributed by atoms with Gasteiger partial charge in [0.25, 0.3) is 0 Å². The summed E-state index contributed by atoms with van der Waals surface area (Å²) >= 11 is 0. The third-order valence-corrected chi connectivity index (χ3v) is 1.82. The minimum absolute atomic E-state index is 0.223. The molecule has 0 aromatic heterocycles. The van der Waals surface area contributed by atoms with Crippen molar-refractivity contribution in [3.8, 4) is 11.8 Å². The smallest absolute Gasteiger partial charge is 0.305 e. The highest BCUT2D eigenvalue weighted by atomic mass is 19.1. The second-order valence-corrected chi connectivity index (χ2v) is 2.98. The monoisotopic (exact) mass is 224 g/mol. The molecule has 0 bridgehead atoms. The van der Waals surface area contributed by atoms with Crippen LogP contribution in [-0.4, -0.2) is 11.5 Å². The molecule has 0 unspecified atom stereocenters. The van der Waals surface area contributed by atoms with E-state index in [0.717, 1.165) is 12.1 Å². The Morgan fingerprint density at radius 1 is 1.56 bits per heavy atom. The van der Waals surface area contributed by atoms with Crippen molar-refractivity contribution in [2.75, 3.05) is 6.61 Å². The first kappa shape index (κ1) is 11.9. The summed E-state index contributed by atoms with van der Waals surface area (Å²) in [4.78, 5) is 9.52. The van der Waals surface area contributed by atoms with Gasteiger partial charge in [0, 0.05) is 18.6 Å². The first-order valence-electron chi connectivity index (χ1n) is 4.59. The summed E-state index contributed by atoms with van der Waals surface area (Å²) in [6.45, 7) is 0.283. The summed E-state index contributed by atoms with van der Waals surface area (Å²) in [5, 5.41) is 18.6. The van der Waals surface area contributed by atoms with E-state index in [2.05, 4.69) is 0 Å². The van der Waals surface area contributed by atoms with Crippen LogP contribution in [0.5, 0.6) is 5.75 Å². The number of halogens is 1. The predicted molar refractivity (Wildman–Crippen MR) is 53.4 cm³/mol. The van der Waals surface area contributed by atoms with Crippen LogP contribution in [0, 0.1) is 27.3 Å². The summed E-state index contributed by atoms with van der Waals surface area (Å²) in [6.07, 6.45) is 0.893. The molecule has 0 heterocycles. The summed E-state index contributed by atoms with van der Waals surface area (Å²) in [6, 6.07) is 5.29.